The van der Waals surface area contributed by atoms with Crippen molar-refractivity contribution in [3.05, 3.63) is 59.5 Å². The Balaban J connectivity index is 1.72. The quantitative estimate of drug-likeness (QED) is 0.694. The number of amides is 2. The SMILES string of the molecule is COCc1ccc(CNC(=O)NC(C)CC(O)c2ccco2)cc1. The van der Waals surface area contributed by atoms with E-state index in [0.717, 1.165) is 11.1 Å². The van der Waals surface area contributed by atoms with Gasteiger partial charge in [0, 0.05) is 26.1 Å². The predicted molar refractivity (Wildman–Crippen MR) is 90.3 cm³/mol. The molecule has 0 spiro atoms. The minimum absolute atomic E-state index is 0.186. The highest BCUT2D eigenvalue weighted by atomic mass is 16.5. The van der Waals surface area contributed by atoms with E-state index in [1.54, 1.807) is 19.2 Å². The monoisotopic (exact) mass is 332 g/mol. The molecule has 1 heterocycles. The number of carbonyl (C=O) groups excluding carboxylic acids is 1. The molecule has 0 saturated heterocycles. The van der Waals surface area contributed by atoms with Crippen molar-refractivity contribution in [2.45, 2.75) is 38.6 Å². The molecule has 6 heteroatoms. The number of methoxy groups -OCH3 is 1. The van der Waals surface area contributed by atoms with Gasteiger partial charge in [-0.3, -0.25) is 0 Å². The number of aliphatic hydroxyl groups is 1. The van der Waals surface area contributed by atoms with Gasteiger partial charge >= 0.3 is 6.03 Å². The Labute approximate surface area is 141 Å². The lowest BCUT2D eigenvalue weighted by atomic mass is 10.1. The second-order valence-electron chi connectivity index (χ2n) is 5.74. The largest absolute Gasteiger partial charge is 0.467 e. The lowest BCUT2D eigenvalue weighted by molar-refractivity contribution is 0.129. The first-order valence-electron chi connectivity index (χ1n) is 7.91. The van der Waals surface area contributed by atoms with Gasteiger partial charge in [-0.15, -0.1) is 0 Å². The van der Waals surface area contributed by atoms with Crippen LogP contribution in [0, 0.1) is 0 Å². The highest BCUT2D eigenvalue weighted by Crippen LogP contribution is 2.18. The van der Waals surface area contributed by atoms with Gasteiger partial charge in [0.2, 0.25) is 0 Å². The van der Waals surface area contributed by atoms with Gasteiger partial charge in [-0.25, -0.2) is 4.79 Å². The van der Waals surface area contributed by atoms with Crippen molar-refractivity contribution in [3.8, 4) is 0 Å². The zero-order chi connectivity index (χ0) is 17.4. The molecule has 6 nitrogen and oxygen atoms in total. The summed E-state index contributed by atoms with van der Waals surface area (Å²) in [5.41, 5.74) is 2.10. The fourth-order valence-electron chi connectivity index (χ4n) is 2.37. The zero-order valence-corrected chi connectivity index (χ0v) is 14.0. The number of hydrogen-bond donors (Lipinski definition) is 3. The summed E-state index contributed by atoms with van der Waals surface area (Å²) in [5, 5.41) is 15.6. The normalized spacial score (nSPS) is 13.3. The van der Waals surface area contributed by atoms with Gasteiger partial charge in [-0.05, 0) is 30.2 Å². The minimum atomic E-state index is -0.733. The number of nitrogens with one attached hydrogen (secondary N) is 2. The fourth-order valence-corrected chi connectivity index (χ4v) is 2.37. The number of ether oxygens (including phenoxy) is 1. The molecule has 2 rings (SSSR count). The molecule has 2 aromatic rings. The van der Waals surface area contributed by atoms with Crippen LogP contribution >= 0.6 is 0 Å². The highest BCUT2D eigenvalue weighted by molar-refractivity contribution is 5.74. The molecule has 2 unspecified atom stereocenters. The fraction of sp³-hybridized carbons (Fsp3) is 0.389. The number of furan rings is 1. The van der Waals surface area contributed by atoms with E-state index in [1.165, 1.54) is 6.26 Å². The average Bonchev–Trinajstić information content (AvgIpc) is 3.09. The van der Waals surface area contributed by atoms with Crippen LogP contribution in [0.1, 0.15) is 36.3 Å². The lowest BCUT2D eigenvalue weighted by Crippen LogP contribution is -2.41. The molecule has 0 fully saturated rings. The van der Waals surface area contributed by atoms with Crippen molar-refractivity contribution < 1.29 is 19.1 Å². The lowest BCUT2D eigenvalue weighted by Gasteiger charge is -2.17. The van der Waals surface area contributed by atoms with E-state index < -0.39 is 6.10 Å². The second-order valence-corrected chi connectivity index (χ2v) is 5.74. The van der Waals surface area contributed by atoms with Crippen LogP contribution in [0.2, 0.25) is 0 Å². The Hall–Kier alpha value is -2.31. The summed E-state index contributed by atoms with van der Waals surface area (Å²) in [4.78, 5) is 11.9. The van der Waals surface area contributed by atoms with Crippen molar-refractivity contribution in [1.29, 1.82) is 0 Å². The van der Waals surface area contributed by atoms with Crippen LogP contribution in [-0.2, 0) is 17.9 Å². The van der Waals surface area contributed by atoms with E-state index in [1.807, 2.05) is 31.2 Å². The molecule has 1 aromatic carbocycles. The van der Waals surface area contributed by atoms with Crippen molar-refractivity contribution in [2.75, 3.05) is 7.11 Å². The molecule has 0 saturated carbocycles. The molecule has 24 heavy (non-hydrogen) atoms. The second kappa shape index (κ2) is 9.10. The molecule has 3 N–H and O–H groups in total. The molecule has 0 aliphatic heterocycles. The Morgan fingerprint density at radius 2 is 1.96 bits per heavy atom. The molecule has 0 bridgehead atoms. The van der Waals surface area contributed by atoms with Gasteiger partial charge in [0.25, 0.3) is 0 Å². The predicted octanol–water partition coefficient (Wildman–Crippen LogP) is 2.74. The Morgan fingerprint density at radius 3 is 2.58 bits per heavy atom. The van der Waals surface area contributed by atoms with E-state index in [4.69, 9.17) is 9.15 Å². The summed E-state index contributed by atoms with van der Waals surface area (Å²) in [7, 11) is 1.66. The third-order valence-electron chi connectivity index (χ3n) is 3.61. The van der Waals surface area contributed by atoms with E-state index in [0.29, 0.717) is 25.3 Å². The minimum Gasteiger partial charge on any atom is -0.467 e. The summed E-state index contributed by atoms with van der Waals surface area (Å²) in [6, 6.07) is 10.8. The van der Waals surface area contributed by atoms with E-state index in [-0.39, 0.29) is 12.1 Å². The van der Waals surface area contributed by atoms with Crippen LogP contribution in [-0.4, -0.2) is 24.3 Å². The number of aliphatic hydroxyl groups excluding tert-OH is 1. The summed E-state index contributed by atoms with van der Waals surface area (Å²) in [6.07, 6.45) is 1.16. The first-order valence-corrected chi connectivity index (χ1v) is 7.91. The first kappa shape index (κ1) is 18.0. The molecule has 0 aliphatic rings. The standard InChI is InChI=1S/C18H24N2O4/c1-13(10-16(21)17-4-3-9-24-17)20-18(22)19-11-14-5-7-15(8-6-14)12-23-2/h3-9,13,16,21H,10-12H2,1-2H3,(H2,19,20,22). The Kier molecular flexibility index (Phi) is 6.84. The van der Waals surface area contributed by atoms with Crippen LogP contribution in [0.5, 0.6) is 0 Å². The van der Waals surface area contributed by atoms with Gasteiger partial charge < -0.3 is 24.9 Å². The number of urea groups is 1. The van der Waals surface area contributed by atoms with Gasteiger partial charge in [0.05, 0.1) is 12.9 Å². The van der Waals surface area contributed by atoms with Crippen LogP contribution < -0.4 is 10.6 Å². The zero-order valence-electron chi connectivity index (χ0n) is 14.0. The van der Waals surface area contributed by atoms with Gasteiger partial charge in [0.15, 0.2) is 0 Å². The summed E-state index contributed by atoms with van der Waals surface area (Å²) >= 11 is 0. The third kappa shape index (κ3) is 5.72. The highest BCUT2D eigenvalue weighted by Gasteiger charge is 2.16. The molecule has 130 valence electrons. The maximum absolute atomic E-state index is 11.9. The maximum atomic E-state index is 11.9. The van der Waals surface area contributed by atoms with Crippen molar-refractivity contribution in [1.82, 2.24) is 10.6 Å². The van der Waals surface area contributed by atoms with Crippen LogP contribution in [0.15, 0.2) is 47.1 Å². The van der Waals surface area contributed by atoms with Gasteiger partial charge in [-0.1, -0.05) is 24.3 Å². The molecule has 2 amide bonds. The molecule has 2 atom stereocenters. The summed E-state index contributed by atoms with van der Waals surface area (Å²) in [5.74, 6) is 0.500. The average molecular weight is 332 g/mol. The number of hydrogen-bond acceptors (Lipinski definition) is 4. The molecular weight excluding hydrogens is 308 g/mol. The first-order chi connectivity index (χ1) is 11.6. The molecule has 1 aromatic heterocycles. The van der Waals surface area contributed by atoms with Gasteiger partial charge in [-0.2, -0.15) is 0 Å². The number of benzene rings is 1. The van der Waals surface area contributed by atoms with Crippen molar-refractivity contribution in [2.24, 2.45) is 0 Å². The smallest absolute Gasteiger partial charge is 0.315 e. The number of rotatable bonds is 8. The Bertz CT molecular complexity index is 610. The van der Waals surface area contributed by atoms with E-state index >= 15 is 0 Å². The molecular formula is C18H24N2O4. The Morgan fingerprint density at radius 1 is 1.25 bits per heavy atom. The molecule has 0 aliphatic carbocycles. The summed E-state index contributed by atoms with van der Waals surface area (Å²) < 4.78 is 10.2. The van der Waals surface area contributed by atoms with Crippen LogP contribution in [0.25, 0.3) is 0 Å². The van der Waals surface area contributed by atoms with Crippen molar-refractivity contribution >= 4 is 6.03 Å². The summed E-state index contributed by atoms with van der Waals surface area (Å²) in [6.45, 7) is 2.85. The molecule has 0 radical (unpaired) electrons. The van der Waals surface area contributed by atoms with Gasteiger partial charge in [0.1, 0.15) is 11.9 Å². The third-order valence-corrected chi connectivity index (χ3v) is 3.61. The van der Waals surface area contributed by atoms with E-state index in [2.05, 4.69) is 10.6 Å². The topological polar surface area (TPSA) is 83.7 Å². The van der Waals surface area contributed by atoms with Crippen LogP contribution in [0.4, 0.5) is 4.79 Å². The maximum Gasteiger partial charge on any atom is 0.315 e. The number of carbonyl (C=O) groups is 1. The van der Waals surface area contributed by atoms with E-state index in [9.17, 15) is 9.90 Å². The van der Waals surface area contributed by atoms with Crippen LogP contribution in [0.3, 0.4) is 0 Å². The van der Waals surface area contributed by atoms with Crippen molar-refractivity contribution in [3.63, 3.8) is 0 Å².